The number of rotatable bonds is 6. The standard InChI is InChI=1S/C13H16FN5O/c1-2-20-8-13-17-11(7-12(18-13)19-15)16-10-5-3-4-9(14)6-10/h3-7H,2,8,15H2,1H3,(H2,16,17,18,19). The Balaban J connectivity index is 2.21. The summed E-state index contributed by atoms with van der Waals surface area (Å²) >= 11 is 0. The van der Waals surface area contributed by atoms with Gasteiger partial charge in [0.15, 0.2) is 5.82 Å². The largest absolute Gasteiger partial charge is 0.374 e. The van der Waals surface area contributed by atoms with Crippen LogP contribution in [-0.2, 0) is 11.3 Å². The minimum atomic E-state index is -0.323. The normalized spacial score (nSPS) is 10.3. The fourth-order valence-electron chi connectivity index (χ4n) is 1.61. The van der Waals surface area contributed by atoms with Gasteiger partial charge >= 0.3 is 0 Å². The fourth-order valence-corrected chi connectivity index (χ4v) is 1.61. The molecule has 0 bridgehead atoms. The number of benzene rings is 1. The molecular formula is C13H16FN5O. The van der Waals surface area contributed by atoms with Crippen molar-refractivity contribution in [3.63, 3.8) is 0 Å². The Morgan fingerprint density at radius 3 is 2.75 bits per heavy atom. The van der Waals surface area contributed by atoms with Gasteiger partial charge < -0.3 is 15.5 Å². The third-order valence-electron chi connectivity index (χ3n) is 2.45. The Labute approximate surface area is 116 Å². The van der Waals surface area contributed by atoms with Gasteiger partial charge in [0, 0.05) is 18.4 Å². The maximum atomic E-state index is 13.1. The van der Waals surface area contributed by atoms with Gasteiger partial charge in [-0.1, -0.05) is 6.07 Å². The molecule has 0 aliphatic rings. The molecule has 0 fully saturated rings. The van der Waals surface area contributed by atoms with Crippen LogP contribution in [-0.4, -0.2) is 16.6 Å². The van der Waals surface area contributed by atoms with E-state index in [-0.39, 0.29) is 12.4 Å². The Kier molecular flexibility index (Phi) is 4.80. The molecule has 0 saturated carbocycles. The second-order valence-corrected chi connectivity index (χ2v) is 3.97. The van der Waals surface area contributed by atoms with Crippen LogP contribution in [0, 0.1) is 5.82 Å². The molecule has 106 valence electrons. The molecule has 0 unspecified atom stereocenters. The van der Waals surface area contributed by atoms with Crippen molar-refractivity contribution in [1.82, 2.24) is 9.97 Å². The summed E-state index contributed by atoms with van der Waals surface area (Å²) in [5.74, 6) is 6.49. The van der Waals surface area contributed by atoms with E-state index >= 15 is 0 Å². The molecule has 0 amide bonds. The number of halogens is 1. The number of aromatic nitrogens is 2. The molecule has 0 aliphatic carbocycles. The van der Waals surface area contributed by atoms with Gasteiger partial charge in [0.25, 0.3) is 0 Å². The average Bonchev–Trinajstić information content (AvgIpc) is 2.45. The summed E-state index contributed by atoms with van der Waals surface area (Å²) < 4.78 is 18.4. The zero-order chi connectivity index (χ0) is 14.4. The first-order valence-corrected chi connectivity index (χ1v) is 6.16. The average molecular weight is 277 g/mol. The van der Waals surface area contributed by atoms with Gasteiger partial charge in [-0.25, -0.2) is 20.2 Å². The zero-order valence-electron chi connectivity index (χ0n) is 11.1. The van der Waals surface area contributed by atoms with E-state index in [2.05, 4.69) is 20.7 Å². The van der Waals surface area contributed by atoms with E-state index in [0.29, 0.717) is 29.8 Å². The highest BCUT2D eigenvalue weighted by Crippen LogP contribution is 2.18. The second-order valence-electron chi connectivity index (χ2n) is 3.97. The molecule has 1 aromatic heterocycles. The SMILES string of the molecule is CCOCc1nc(NN)cc(Nc2cccc(F)c2)n1. The van der Waals surface area contributed by atoms with Crippen LogP contribution < -0.4 is 16.6 Å². The van der Waals surface area contributed by atoms with Crippen molar-refractivity contribution in [3.8, 4) is 0 Å². The van der Waals surface area contributed by atoms with Crippen LogP contribution in [0.5, 0.6) is 0 Å². The minimum absolute atomic E-state index is 0.282. The second kappa shape index (κ2) is 6.78. The van der Waals surface area contributed by atoms with Crippen molar-refractivity contribution in [2.24, 2.45) is 5.84 Å². The summed E-state index contributed by atoms with van der Waals surface area (Å²) in [4.78, 5) is 8.44. The summed E-state index contributed by atoms with van der Waals surface area (Å²) in [6.07, 6.45) is 0. The molecule has 0 radical (unpaired) electrons. The lowest BCUT2D eigenvalue weighted by molar-refractivity contribution is 0.128. The minimum Gasteiger partial charge on any atom is -0.374 e. The number of hydrazine groups is 1. The van der Waals surface area contributed by atoms with Crippen molar-refractivity contribution in [2.75, 3.05) is 17.3 Å². The predicted molar refractivity (Wildman–Crippen MR) is 74.9 cm³/mol. The number of nitrogens with two attached hydrogens (primary N) is 1. The van der Waals surface area contributed by atoms with Crippen molar-refractivity contribution in [1.29, 1.82) is 0 Å². The lowest BCUT2D eigenvalue weighted by Crippen LogP contribution is -2.12. The van der Waals surface area contributed by atoms with Gasteiger partial charge in [0.2, 0.25) is 0 Å². The summed E-state index contributed by atoms with van der Waals surface area (Å²) in [6.45, 7) is 2.73. The highest BCUT2D eigenvalue weighted by molar-refractivity contribution is 5.58. The van der Waals surface area contributed by atoms with Gasteiger partial charge in [-0.15, -0.1) is 0 Å². The number of anilines is 3. The van der Waals surface area contributed by atoms with E-state index in [1.807, 2.05) is 6.92 Å². The molecule has 20 heavy (non-hydrogen) atoms. The van der Waals surface area contributed by atoms with E-state index in [9.17, 15) is 4.39 Å². The molecule has 4 N–H and O–H groups in total. The van der Waals surface area contributed by atoms with E-state index in [1.54, 1.807) is 18.2 Å². The summed E-state index contributed by atoms with van der Waals surface area (Å²) in [5.41, 5.74) is 3.05. The molecule has 0 atom stereocenters. The van der Waals surface area contributed by atoms with Crippen LogP contribution in [0.4, 0.5) is 21.7 Å². The van der Waals surface area contributed by atoms with Crippen LogP contribution in [0.15, 0.2) is 30.3 Å². The highest BCUT2D eigenvalue weighted by atomic mass is 19.1. The monoisotopic (exact) mass is 277 g/mol. The molecule has 0 aliphatic heterocycles. The molecule has 7 heteroatoms. The maximum Gasteiger partial charge on any atom is 0.158 e. The molecule has 1 heterocycles. The van der Waals surface area contributed by atoms with Crippen molar-refractivity contribution < 1.29 is 9.13 Å². The molecular weight excluding hydrogens is 261 g/mol. The molecule has 2 rings (SSSR count). The summed E-state index contributed by atoms with van der Waals surface area (Å²) in [7, 11) is 0. The number of nitrogen functional groups attached to an aromatic ring is 1. The van der Waals surface area contributed by atoms with Crippen LogP contribution in [0.1, 0.15) is 12.7 Å². The number of hydrogen-bond donors (Lipinski definition) is 3. The number of nitrogens with zero attached hydrogens (tertiary/aromatic N) is 2. The van der Waals surface area contributed by atoms with Gasteiger partial charge in [-0.05, 0) is 25.1 Å². The Bertz CT molecular complexity index is 578. The topological polar surface area (TPSA) is 85.1 Å². The van der Waals surface area contributed by atoms with E-state index in [1.165, 1.54) is 12.1 Å². The number of ether oxygens (including phenoxy) is 1. The number of hydrogen-bond acceptors (Lipinski definition) is 6. The maximum absolute atomic E-state index is 13.1. The van der Waals surface area contributed by atoms with E-state index in [0.717, 1.165) is 0 Å². The molecule has 6 nitrogen and oxygen atoms in total. The fraction of sp³-hybridized carbons (Fsp3) is 0.231. The third-order valence-corrected chi connectivity index (χ3v) is 2.45. The molecule has 0 spiro atoms. The van der Waals surface area contributed by atoms with Crippen LogP contribution in [0.25, 0.3) is 0 Å². The summed E-state index contributed by atoms with van der Waals surface area (Å²) in [5, 5.41) is 2.99. The van der Waals surface area contributed by atoms with Gasteiger partial charge in [-0.2, -0.15) is 0 Å². The lowest BCUT2D eigenvalue weighted by atomic mass is 10.3. The molecule has 1 aromatic carbocycles. The Morgan fingerprint density at radius 2 is 2.05 bits per heavy atom. The van der Waals surface area contributed by atoms with Crippen molar-refractivity contribution >= 4 is 17.3 Å². The third kappa shape index (κ3) is 3.87. The number of nitrogens with one attached hydrogen (secondary N) is 2. The van der Waals surface area contributed by atoms with Gasteiger partial charge in [0.05, 0.1) is 0 Å². The first kappa shape index (κ1) is 14.2. The molecule has 2 aromatic rings. The van der Waals surface area contributed by atoms with Crippen LogP contribution in [0.3, 0.4) is 0 Å². The van der Waals surface area contributed by atoms with Crippen LogP contribution in [0.2, 0.25) is 0 Å². The van der Waals surface area contributed by atoms with Crippen molar-refractivity contribution in [2.45, 2.75) is 13.5 Å². The highest BCUT2D eigenvalue weighted by Gasteiger charge is 2.05. The first-order valence-electron chi connectivity index (χ1n) is 6.16. The van der Waals surface area contributed by atoms with Crippen molar-refractivity contribution in [3.05, 3.63) is 42.0 Å². The molecule has 0 saturated heterocycles. The van der Waals surface area contributed by atoms with Gasteiger partial charge in [0.1, 0.15) is 24.1 Å². The quantitative estimate of drug-likeness (QED) is 0.554. The van der Waals surface area contributed by atoms with E-state index < -0.39 is 0 Å². The Morgan fingerprint density at radius 1 is 1.25 bits per heavy atom. The zero-order valence-corrected chi connectivity index (χ0v) is 11.1. The lowest BCUT2D eigenvalue weighted by Gasteiger charge is -2.10. The predicted octanol–water partition coefficient (Wildman–Crippen LogP) is 2.18. The smallest absolute Gasteiger partial charge is 0.158 e. The Hall–Kier alpha value is -2.25. The first-order chi connectivity index (χ1) is 9.71. The van der Waals surface area contributed by atoms with E-state index in [4.69, 9.17) is 10.6 Å². The van der Waals surface area contributed by atoms with Crippen LogP contribution >= 0.6 is 0 Å². The summed E-state index contributed by atoms with van der Waals surface area (Å²) in [6, 6.07) is 7.73. The van der Waals surface area contributed by atoms with Gasteiger partial charge in [-0.3, -0.25) is 0 Å².